The van der Waals surface area contributed by atoms with E-state index in [2.05, 4.69) is 11.3 Å². The quantitative estimate of drug-likeness (QED) is 0.193. The van der Waals surface area contributed by atoms with Gasteiger partial charge < -0.3 is 10.1 Å². The number of esters is 1. The van der Waals surface area contributed by atoms with Crippen molar-refractivity contribution >= 4 is 15.8 Å². The van der Waals surface area contributed by atoms with Gasteiger partial charge in [0, 0.05) is 12.1 Å². The summed E-state index contributed by atoms with van der Waals surface area (Å²) >= 11 is 0. The molecule has 32 heavy (non-hydrogen) atoms. The number of halogens is 13. The fourth-order valence-corrected chi connectivity index (χ4v) is 2.70. The first-order chi connectivity index (χ1) is 13.8. The Balaban J connectivity index is 5.82. The molecule has 0 aromatic carbocycles. The average molecular weight is 525 g/mol. The minimum Gasteiger partial charge on any atom is -0.461 e. The minimum absolute atomic E-state index is 0.192. The molecule has 0 radical (unpaired) electrons. The third kappa shape index (κ3) is 4.91. The molecule has 0 aliphatic rings. The Morgan fingerprint density at radius 3 is 1.59 bits per heavy atom. The van der Waals surface area contributed by atoms with Crippen molar-refractivity contribution in [2.24, 2.45) is 0 Å². The van der Waals surface area contributed by atoms with E-state index in [1.165, 1.54) is 5.32 Å². The molecule has 0 saturated carbocycles. The standard InChI is InChI=1S/C13H12F13NO4S/c1-6(2)7(28)31-4-3-27-5-32(29,30)13(25,26)11(20,21)9(16,17)8(14,15)10(18,19)12(22,23)24/h27H,1,3-5H2,2H3. The minimum atomic E-state index is -8.22. The molecular weight excluding hydrogens is 513 g/mol. The van der Waals surface area contributed by atoms with Gasteiger partial charge in [0.25, 0.3) is 0 Å². The van der Waals surface area contributed by atoms with Crippen LogP contribution in [0.4, 0.5) is 57.1 Å². The second-order valence-electron chi connectivity index (χ2n) is 5.99. The summed E-state index contributed by atoms with van der Waals surface area (Å²) in [5, 5.41) is -5.89. The van der Waals surface area contributed by atoms with Gasteiger partial charge in [0.15, 0.2) is 0 Å². The molecule has 190 valence electrons. The molecule has 0 heterocycles. The van der Waals surface area contributed by atoms with Gasteiger partial charge in [-0.1, -0.05) is 6.58 Å². The molecular formula is C13H12F13NO4S. The van der Waals surface area contributed by atoms with Crippen LogP contribution in [-0.2, 0) is 19.4 Å². The summed E-state index contributed by atoms with van der Waals surface area (Å²) in [4.78, 5) is 11.0. The predicted molar refractivity (Wildman–Crippen MR) is 78.4 cm³/mol. The summed E-state index contributed by atoms with van der Waals surface area (Å²) in [7, 11) is -6.95. The van der Waals surface area contributed by atoms with E-state index in [9.17, 15) is 70.3 Å². The number of ether oxygens (including phenoxy) is 1. The monoisotopic (exact) mass is 525 g/mol. The molecule has 0 amide bonds. The Hall–Kier alpha value is -1.79. The maximum absolute atomic E-state index is 13.6. The van der Waals surface area contributed by atoms with Crippen molar-refractivity contribution in [3.8, 4) is 0 Å². The molecule has 0 atom stereocenters. The van der Waals surface area contributed by atoms with Crippen molar-refractivity contribution in [2.45, 2.75) is 42.0 Å². The van der Waals surface area contributed by atoms with Gasteiger partial charge in [-0.3, -0.25) is 0 Å². The van der Waals surface area contributed by atoms with E-state index in [-0.39, 0.29) is 5.57 Å². The Bertz CT molecular complexity index is 820. The summed E-state index contributed by atoms with van der Waals surface area (Å²) in [6.07, 6.45) is -7.60. The van der Waals surface area contributed by atoms with Gasteiger partial charge in [-0.2, -0.15) is 57.1 Å². The van der Waals surface area contributed by atoms with Crippen LogP contribution < -0.4 is 5.32 Å². The SMILES string of the molecule is C=C(C)C(=O)OCCNCS(=O)(=O)C(F)(F)C(F)(F)C(F)(F)C(F)(F)C(F)(F)C(F)(F)F. The maximum atomic E-state index is 13.6. The summed E-state index contributed by atoms with van der Waals surface area (Å²) in [5.41, 5.74) is -0.192. The highest BCUT2D eigenvalue weighted by atomic mass is 32.2. The van der Waals surface area contributed by atoms with Crippen LogP contribution in [0, 0.1) is 0 Å². The zero-order chi connectivity index (χ0) is 26.2. The average Bonchev–Trinajstić information content (AvgIpc) is 2.59. The number of rotatable bonds is 11. The van der Waals surface area contributed by atoms with Crippen LogP contribution in [0.3, 0.4) is 0 Å². The van der Waals surface area contributed by atoms with E-state index in [4.69, 9.17) is 0 Å². The van der Waals surface area contributed by atoms with Crippen molar-refractivity contribution in [1.82, 2.24) is 5.32 Å². The molecule has 0 rings (SSSR count). The third-order valence-corrected chi connectivity index (χ3v) is 5.07. The topological polar surface area (TPSA) is 72.5 Å². The van der Waals surface area contributed by atoms with E-state index in [0.717, 1.165) is 6.92 Å². The lowest BCUT2D eigenvalue weighted by molar-refractivity contribution is -0.433. The maximum Gasteiger partial charge on any atom is 0.460 e. The molecule has 0 bridgehead atoms. The zero-order valence-corrected chi connectivity index (χ0v) is 16.1. The van der Waals surface area contributed by atoms with Gasteiger partial charge >= 0.3 is 41.1 Å². The third-order valence-electron chi connectivity index (χ3n) is 3.45. The van der Waals surface area contributed by atoms with Gasteiger partial charge in [-0.15, -0.1) is 0 Å². The molecule has 0 aliphatic heterocycles. The van der Waals surface area contributed by atoms with Crippen LogP contribution in [0.25, 0.3) is 0 Å². The van der Waals surface area contributed by atoms with Crippen LogP contribution in [-0.4, -0.2) is 68.5 Å². The Morgan fingerprint density at radius 2 is 1.22 bits per heavy atom. The molecule has 5 nitrogen and oxygen atoms in total. The molecule has 0 unspecified atom stereocenters. The lowest BCUT2D eigenvalue weighted by Gasteiger charge is -2.39. The molecule has 0 aromatic rings. The summed E-state index contributed by atoms with van der Waals surface area (Å²) < 4.78 is 195. The first-order valence-electron chi connectivity index (χ1n) is 7.54. The van der Waals surface area contributed by atoms with Gasteiger partial charge in [-0.05, 0) is 6.92 Å². The molecule has 19 heteroatoms. The summed E-state index contributed by atoms with van der Waals surface area (Å²) in [5.74, 6) is -35.8. The largest absolute Gasteiger partial charge is 0.461 e. The second-order valence-corrected chi connectivity index (χ2v) is 8.02. The molecule has 0 aromatic heterocycles. The van der Waals surface area contributed by atoms with Crippen LogP contribution in [0.15, 0.2) is 12.2 Å². The Labute approximate surface area is 170 Å². The van der Waals surface area contributed by atoms with Crippen molar-refractivity contribution in [3.05, 3.63) is 12.2 Å². The molecule has 0 spiro atoms. The molecule has 1 N–H and O–H groups in total. The number of carbonyl (C=O) groups excluding carboxylic acids is 1. The van der Waals surface area contributed by atoms with Crippen molar-refractivity contribution in [3.63, 3.8) is 0 Å². The number of hydrogen-bond donors (Lipinski definition) is 1. The first-order valence-corrected chi connectivity index (χ1v) is 9.19. The van der Waals surface area contributed by atoms with E-state index in [1.807, 2.05) is 0 Å². The van der Waals surface area contributed by atoms with Crippen molar-refractivity contribution < 1.29 is 75.0 Å². The summed E-state index contributed by atoms with van der Waals surface area (Å²) in [6, 6.07) is 0. The van der Waals surface area contributed by atoms with Gasteiger partial charge in [0.1, 0.15) is 12.5 Å². The Kier molecular flexibility index (Phi) is 8.37. The predicted octanol–water partition coefficient (Wildman–Crippen LogP) is 3.76. The first kappa shape index (κ1) is 30.2. The smallest absolute Gasteiger partial charge is 0.460 e. The highest BCUT2D eigenvalue weighted by molar-refractivity contribution is 7.92. The molecule has 0 saturated heterocycles. The zero-order valence-electron chi connectivity index (χ0n) is 15.3. The number of hydrogen-bond acceptors (Lipinski definition) is 5. The van der Waals surface area contributed by atoms with Crippen LogP contribution >= 0.6 is 0 Å². The summed E-state index contributed by atoms with van der Waals surface area (Å²) in [6.45, 7) is 2.50. The highest BCUT2D eigenvalue weighted by Gasteiger charge is 2.92. The van der Waals surface area contributed by atoms with E-state index < -0.39 is 70.0 Å². The second kappa shape index (κ2) is 8.86. The lowest BCUT2D eigenvalue weighted by atomic mass is 9.98. The van der Waals surface area contributed by atoms with Crippen molar-refractivity contribution in [1.29, 1.82) is 0 Å². The van der Waals surface area contributed by atoms with E-state index in [0.29, 0.717) is 0 Å². The molecule has 0 fully saturated rings. The van der Waals surface area contributed by atoms with Gasteiger partial charge in [0.2, 0.25) is 9.84 Å². The van der Waals surface area contributed by atoms with Crippen LogP contribution in [0.2, 0.25) is 0 Å². The van der Waals surface area contributed by atoms with E-state index in [1.54, 1.807) is 0 Å². The number of alkyl halides is 13. The highest BCUT2D eigenvalue weighted by Crippen LogP contribution is 2.60. The van der Waals surface area contributed by atoms with Gasteiger partial charge in [0.05, 0.1) is 0 Å². The van der Waals surface area contributed by atoms with Crippen molar-refractivity contribution in [2.75, 3.05) is 19.0 Å². The van der Waals surface area contributed by atoms with Crippen LogP contribution in [0.5, 0.6) is 0 Å². The van der Waals surface area contributed by atoms with Crippen LogP contribution in [0.1, 0.15) is 6.92 Å². The van der Waals surface area contributed by atoms with E-state index >= 15 is 0 Å². The number of carbonyl (C=O) groups is 1. The lowest BCUT2D eigenvalue weighted by Crippen LogP contribution is -2.71. The number of nitrogens with one attached hydrogen (secondary N) is 1. The number of sulfone groups is 1. The normalized spacial score (nSPS) is 14.9. The fourth-order valence-electron chi connectivity index (χ4n) is 1.59. The van der Waals surface area contributed by atoms with Gasteiger partial charge in [-0.25, -0.2) is 13.2 Å². The fraction of sp³-hybridized carbons (Fsp3) is 0.769. The Morgan fingerprint density at radius 1 is 0.812 bits per heavy atom. The molecule has 0 aliphatic carbocycles.